The minimum atomic E-state index is -0.411. The molecule has 2 N–H and O–H groups in total. The number of hydrogen-bond acceptors (Lipinski definition) is 12. The number of ether oxygens (including phenoxy) is 6. The van der Waals surface area contributed by atoms with E-state index in [9.17, 15) is 4.79 Å². The second kappa shape index (κ2) is 15.8. The van der Waals surface area contributed by atoms with Crippen LogP contribution < -0.4 is 44.1 Å². The van der Waals surface area contributed by atoms with Crippen LogP contribution in [0, 0.1) is 0 Å². The molecule has 2 aliphatic rings. The predicted octanol–water partition coefficient (Wildman–Crippen LogP) is 6.80. The lowest BCUT2D eigenvalue weighted by atomic mass is 9.99. The van der Waals surface area contributed by atoms with Gasteiger partial charge in [0.25, 0.3) is 5.91 Å². The molecule has 4 aromatic carbocycles. The van der Waals surface area contributed by atoms with Gasteiger partial charge in [0.1, 0.15) is 12.8 Å². The lowest BCUT2D eigenvalue weighted by Crippen LogP contribution is -2.40. The summed E-state index contributed by atoms with van der Waals surface area (Å²) in [6.07, 6.45) is -0.255. The maximum Gasteiger partial charge on any atom is 0.257 e. The fourth-order valence-corrected chi connectivity index (χ4v) is 6.19. The van der Waals surface area contributed by atoms with Crippen LogP contribution in [0.25, 0.3) is 0 Å². The number of nitrogens with zero attached hydrogens (tertiary/aromatic N) is 2. The van der Waals surface area contributed by atoms with E-state index in [0.29, 0.717) is 62.9 Å². The van der Waals surface area contributed by atoms with Gasteiger partial charge in [-0.25, -0.2) is 0 Å². The molecule has 0 saturated heterocycles. The number of benzene rings is 4. The van der Waals surface area contributed by atoms with Gasteiger partial charge in [-0.1, -0.05) is 22.8 Å². The second-order valence-corrected chi connectivity index (χ2v) is 12.6. The molecule has 0 radical (unpaired) electrons. The molecule has 14 heteroatoms. The largest absolute Gasteiger partial charge is 0.493 e. The molecule has 0 aliphatic carbocycles. The Hall–Kier alpha value is -5.53. The third-order valence-corrected chi connectivity index (χ3v) is 9.03. The Morgan fingerprint density at radius 3 is 2.23 bits per heavy atom. The summed E-state index contributed by atoms with van der Waals surface area (Å²) in [6.45, 7) is 2.17. The Labute approximate surface area is 307 Å². The first kappa shape index (κ1) is 36.3. The number of anilines is 1. The van der Waals surface area contributed by atoms with Gasteiger partial charge in [-0.2, -0.15) is 5.48 Å². The van der Waals surface area contributed by atoms with E-state index in [0.717, 1.165) is 22.4 Å². The van der Waals surface area contributed by atoms with Gasteiger partial charge < -0.3 is 48.3 Å². The molecule has 0 bridgehead atoms. The number of rotatable bonds is 14. The van der Waals surface area contributed by atoms with Crippen LogP contribution >= 0.6 is 11.6 Å². The monoisotopic (exact) mass is 732 g/mol. The van der Waals surface area contributed by atoms with E-state index in [1.54, 1.807) is 65.7 Å². The molecule has 1 amide bonds. The van der Waals surface area contributed by atoms with Crippen LogP contribution in [0.4, 0.5) is 5.69 Å². The Morgan fingerprint density at radius 1 is 0.846 bits per heavy atom. The first-order chi connectivity index (χ1) is 25.2. The standard InChI is InChI=1S/C38H41ClN4O9/c1-21(20-50-30-13-9-23(15-32(30)46-4)37-40-27-11-10-25(39)18-26(27)38(44)43(37)2)41-52-33-14-22(8-12-29(33)45-3)28-19-31(51-42-28)24-16-34(47-5)36(49-7)35(17-24)48-6/h8-18,21,31,37,40-41H,19-20H2,1-7H3. The summed E-state index contributed by atoms with van der Waals surface area (Å²) >= 11 is 6.13. The minimum Gasteiger partial charge on any atom is -0.493 e. The zero-order valence-corrected chi connectivity index (χ0v) is 30.7. The highest BCUT2D eigenvalue weighted by Gasteiger charge is 2.31. The number of methoxy groups -OCH3 is 5. The van der Waals surface area contributed by atoms with Crippen LogP contribution in [-0.2, 0) is 4.84 Å². The highest BCUT2D eigenvalue weighted by atomic mass is 35.5. The van der Waals surface area contributed by atoms with Crippen molar-refractivity contribution in [2.45, 2.75) is 31.7 Å². The first-order valence-corrected chi connectivity index (χ1v) is 16.8. The number of oxime groups is 1. The van der Waals surface area contributed by atoms with Crippen molar-refractivity contribution in [2.24, 2.45) is 5.16 Å². The van der Waals surface area contributed by atoms with Crippen molar-refractivity contribution in [3.8, 4) is 40.2 Å². The lowest BCUT2D eigenvalue weighted by molar-refractivity contribution is 0.0735. The fourth-order valence-electron chi connectivity index (χ4n) is 6.01. The number of carbonyl (C=O) groups is 1. The van der Waals surface area contributed by atoms with E-state index in [1.807, 2.05) is 55.5 Å². The quantitative estimate of drug-likeness (QED) is 0.133. The van der Waals surface area contributed by atoms with Gasteiger partial charge >= 0.3 is 0 Å². The summed E-state index contributed by atoms with van der Waals surface area (Å²) in [5, 5.41) is 8.29. The van der Waals surface area contributed by atoms with Crippen molar-refractivity contribution in [1.29, 1.82) is 0 Å². The van der Waals surface area contributed by atoms with E-state index in [2.05, 4.69) is 16.0 Å². The van der Waals surface area contributed by atoms with E-state index in [1.165, 1.54) is 0 Å². The molecule has 3 atom stereocenters. The van der Waals surface area contributed by atoms with Crippen molar-refractivity contribution in [3.05, 3.63) is 94.0 Å². The molecule has 2 heterocycles. The number of carbonyl (C=O) groups excluding carboxylic acids is 1. The normalized spacial score (nSPS) is 16.9. The van der Waals surface area contributed by atoms with Gasteiger partial charge in [0.2, 0.25) is 5.75 Å². The van der Waals surface area contributed by atoms with Crippen LogP contribution in [-0.4, -0.2) is 71.8 Å². The molecule has 2 aliphatic heterocycles. The molecule has 3 unspecified atom stereocenters. The lowest BCUT2D eigenvalue weighted by Gasteiger charge is -2.35. The van der Waals surface area contributed by atoms with Gasteiger partial charge in [0, 0.05) is 35.3 Å². The summed E-state index contributed by atoms with van der Waals surface area (Å²) in [4.78, 5) is 26.6. The predicted molar refractivity (Wildman–Crippen MR) is 196 cm³/mol. The number of amides is 1. The van der Waals surface area contributed by atoms with Gasteiger partial charge in [0.05, 0.1) is 52.9 Å². The molecular formula is C38H41ClN4O9. The van der Waals surface area contributed by atoms with E-state index in [4.69, 9.17) is 49.7 Å². The Bertz CT molecular complexity index is 1950. The molecule has 13 nitrogen and oxygen atoms in total. The highest BCUT2D eigenvalue weighted by Crippen LogP contribution is 2.43. The number of nitrogens with one attached hydrogen (secondary N) is 2. The molecule has 52 heavy (non-hydrogen) atoms. The van der Waals surface area contributed by atoms with Gasteiger partial charge in [-0.15, -0.1) is 0 Å². The third kappa shape index (κ3) is 7.41. The Morgan fingerprint density at radius 2 is 1.54 bits per heavy atom. The number of fused-ring (bicyclic) bond motifs is 1. The van der Waals surface area contributed by atoms with Crippen LogP contribution in [0.15, 0.2) is 71.9 Å². The maximum absolute atomic E-state index is 13.1. The fraction of sp³-hybridized carbons (Fsp3) is 0.316. The van der Waals surface area contributed by atoms with Crippen molar-refractivity contribution >= 4 is 28.9 Å². The van der Waals surface area contributed by atoms with Gasteiger partial charge in [-0.3, -0.25) is 4.79 Å². The topological polar surface area (TPSA) is 131 Å². The molecule has 6 rings (SSSR count). The molecular weight excluding hydrogens is 692 g/mol. The third-order valence-electron chi connectivity index (χ3n) is 8.80. The van der Waals surface area contributed by atoms with E-state index < -0.39 is 6.17 Å². The average molecular weight is 733 g/mol. The molecule has 0 aromatic heterocycles. The van der Waals surface area contributed by atoms with Gasteiger partial charge in [0.15, 0.2) is 40.6 Å². The van der Waals surface area contributed by atoms with Crippen molar-refractivity contribution in [3.63, 3.8) is 0 Å². The first-order valence-electron chi connectivity index (χ1n) is 16.4. The zero-order chi connectivity index (χ0) is 36.9. The van der Waals surface area contributed by atoms with Crippen molar-refractivity contribution in [1.82, 2.24) is 10.4 Å². The summed E-state index contributed by atoms with van der Waals surface area (Å²) in [5.74, 6) is 3.51. The van der Waals surface area contributed by atoms with Crippen molar-refractivity contribution < 1.29 is 42.9 Å². The molecule has 4 aromatic rings. The molecule has 0 saturated carbocycles. The second-order valence-electron chi connectivity index (χ2n) is 12.2. The Balaban J connectivity index is 1.08. The molecule has 274 valence electrons. The van der Waals surface area contributed by atoms with Crippen LogP contribution in [0.2, 0.25) is 5.02 Å². The number of halogens is 1. The number of hydrogen-bond donors (Lipinski definition) is 2. The minimum absolute atomic E-state index is 0.132. The van der Waals surface area contributed by atoms with E-state index in [-0.39, 0.29) is 24.7 Å². The molecule has 0 fully saturated rings. The smallest absolute Gasteiger partial charge is 0.257 e. The summed E-state index contributed by atoms with van der Waals surface area (Å²) in [6, 6.07) is 19.8. The maximum atomic E-state index is 13.1. The Kier molecular flexibility index (Phi) is 11.0. The zero-order valence-electron chi connectivity index (χ0n) is 29.9. The van der Waals surface area contributed by atoms with Crippen LogP contribution in [0.1, 0.15) is 52.7 Å². The summed E-state index contributed by atoms with van der Waals surface area (Å²) in [5.41, 5.74) is 7.49. The highest BCUT2D eigenvalue weighted by molar-refractivity contribution is 6.31. The van der Waals surface area contributed by atoms with Crippen LogP contribution in [0.3, 0.4) is 0 Å². The summed E-state index contributed by atoms with van der Waals surface area (Å²) < 4.78 is 33.8. The average Bonchev–Trinajstić information content (AvgIpc) is 3.67. The number of hydroxylamine groups is 1. The van der Waals surface area contributed by atoms with Gasteiger partial charge in [-0.05, 0) is 73.2 Å². The molecule has 0 spiro atoms. The summed E-state index contributed by atoms with van der Waals surface area (Å²) in [7, 11) is 9.59. The SMILES string of the molecule is COc1cc(C2Nc3ccc(Cl)cc3C(=O)N2C)ccc1OCC(C)NOc1cc(C2=NOC(c3cc(OC)c(OC)c(OC)c3)C2)ccc1OC. The van der Waals surface area contributed by atoms with Crippen LogP contribution in [0.5, 0.6) is 40.2 Å². The van der Waals surface area contributed by atoms with E-state index >= 15 is 0 Å². The van der Waals surface area contributed by atoms with Crippen molar-refractivity contribution in [2.75, 3.05) is 54.5 Å².